The Labute approximate surface area is 126 Å². The van der Waals surface area contributed by atoms with Gasteiger partial charge in [0, 0.05) is 19.1 Å². The molecule has 0 spiro atoms. The van der Waals surface area contributed by atoms with Crippen LogP contribution in [-0.2, 0) is 10.0 Å². The molecule has 6 heteroatoms. The van der Waals surface area contributed by atoms with Crippen molar-refractivity contribution in [1.29, 1.82) is 0 Å². The van der Waals surface area contributed by atoms with E-state index in [1.807, 2.05) is 6.92 Å². The zero-order valence-corrected chi connectivity index (χ0v) is 13.1. The van der Waals surface area contributed by atoms with E-state index in [4.69, 9.17) is 4.74 Å². The van der Waals surface area contributed by atoms with Crippen LogP contribution in [0.3, 0.4) is 0 Å². The third-order valence-electron chi connectivity index (χ3n) is 4.37. The molecule has 0 saturated carbocycles. The fourth-order valence-electron chi connectivity index (χ4n) is 3.33. The van der Waals surface area contributed by atoms with Crippen molar-refractivity contribution in [1.82, 2.24) is 9.62 Å². The second-order valence-electron chi connectivity index (χ2n) is 5.65. The number of benzene rings is 1. The highest BCUT2D eigenvalue weighted by Crippen LogP contribution is 2.31. The van der Waals surface area contributed by atoms with E-state index in [1.165, 1.54) is 0 Å². The molecule has 116 valence electrons. The summed E-state index contributed by atoms with van der Waals surface area (Å²) in [6.07, 6.45) is 2.06. The van der Waals surface area contributed by atoms with Crippen molar-refractivity contribution >= 4 is 10.0 Å². The van der Waals surface area contributed by atoms with Crippen LogP contribution in [0.4, 0.5) is 0 Å². The fraction of sp³-hybridized carbons (Fsp3) is 0.600. The van der Waals surface area contributed by atoms with Gasteiger partial charge in [0.15, 0.2) is 0 Å². The molecule has 0 bridgehead atoms. The molecule has 1 aromatic rings. The van der Waals surface area contributed by atoms with E-state index in [0.29, 0.717) is 29.7 Å². The third kappa shape index (κ3) is 2.80. The first-order valence-electron chi connectivity index (χ1n) is 7.58. The van der Waals surface area contributed by atoms with Gasteiger partial charge in [-0.25, -0.2) is 8.42 Å². The SMILES string of the molecule is CCOc1ccc(S(=O)(=O)N2CCCC3CNCC32)cc1. The molecular weight excluding hydrogens is 288 g/mol. The van der Waals surface area contributed by atoms with Crippen molar-refractivity contribution in [3.8, 4) is 5.75 Å². The summed E-state index contributed by atoms with van der Waals surface area (Å²) < 4.78 is 32.8. The Bertz CT molecular complexity index is 585. The van der Waals surface area contributed by atoms with Gasteiger partial charge in [-0.05, 0) is 56.5 Å². The quantitative estimate of drug-likeness (QED) is 0.915. The number of nitrogens with one attached hydrogen (secondary N) is 1. The summed E-state index contributed by atoms with van der Waals surface area (Å²) in [7, 11) is -3.41. The number of hydrogen-bond donors (Lipinski definition) is 1. The van der Waals surface area contributed by atoms with Gasteiger partial charge in [-0.3, -0.25) is 0 Å². The van der Waals surface area contributed by atoms with Crippen LogP contribution in [0.1, 0.15) is 19.8 Å². The summed E-state index contributed by atoms with van der Waals surface area (Å²) in [6, 6.07) is 6.85. The summed E-state index contributed by atoms with van der Waals surface area (Å²) in [5.74, 6) is 1.16. The molecule has 1 N–H and O–H groups in total. The molecule has 2 unspecified atom stereocenters. The summed E-state index contributed by atoms with van der Waals surface area (Å²) in [6.45, 7) is 4.80. The molecule has 0 radical (unpaired) electrons. The summed E-state index contributed by atoms with van der Waals surface area (Å²) >= 11 is 0. The molecule has 2 fully saturated rings. The van der Waals surface area contributed by atoms with E-state index >= 15 is 0 Å². The maximum absolute atomic E-state index is 12.9. The number of hydrogen-bond acceptors (Lipinski definition) is 4. The van der Waals surface area contributed by atoms with Gasteiger partial charge in [0.1, 0.15) is 5.75 Å². The van der Waals surface area contributed by atoms with Crippen LogP contribution in [0.5, 0.6) is 5.75 Å². The molecule has 0 amide bonds. The number of fused-ring (bicyclic) bond motifs is 1. The lowest BCUT2D eigenvalue weighted by atomic mass is 9.94. The zero-order chi connectivity index (χ0) is 14.9. The molecule has 2 heterocycles. The zero-order valence-electron chi connectivity index (χ0n) is 12.3. The molecular formula is C15H22N2O3S. The van der Waals surface area contributed by atoms with Crippen molar-refractivity contribution < 1.29 is 13.2 Å². The van der Waals surface area contributed by atoms with Gasteiger partial charge >= 0.3 is 0 Å². The van der Waals surface area contributed by atoms with Crippen LogP contribution in [0, 0.1) is 5.92 Å². The number of ether oxygens (including phenoxy) is 1. The molecule has 0 aromatic heterocycles. The lowest BCUT2D eigenvalue weighted by Crippen LogP contribution is -2.48. The van der Waals surface area contributed by atoms with Crippen molar-refractivity contribution in [3.63, 3.8) is 0 Å². The summed E-state index contributed by atoms with van der Waals surface area (Å²) in [5.41, 5.74) is 0. The van der Waals surface area contributed by atoms with E-state index in [0.717, 1.165) is 25.9 Å². The average Bonchev–Trinajstić information content (AvgIpc) is 2.96. The van der Waals surface area contributed by atoms with Gasteiger partial charge in [0.25, 0.3) is 0 Å². The van der Waals surface area contributed by atoms with E-state index in [9.17, 15) is 8.42 Å². The third-order valence-corrected chi connectivity index (χ3v) is 6.31. The van der Waals surface area contributed by atoms with E-state index in [-0.39, 0.29) is 6.04 Å². The number of sulfonamides is 1. The lowest BCUT2D eigenvalue weighted by molar-refractivity contribution is 0.217. The van der Waals surface area contributed by atoms with Crippen LogP contribution in [-0.4, -0.2) is 45.0 Å². The number of piperidine rings is 1. The largest absolute Gasteiger partial charge is 0.494 e. The number of rotatable bonds is 4. The predicted octanol–water partition coefficient (Wildman–Crippen LogP) is 1.46. The average molecular weight is 310 g/mol. The van der Waals surface area contributed by atoms with Crippen molar-refractivity contribution in [2.75, 3.05) is 26.2 Å². The van der Waals surface area contributed by atoms with E-state index in [1.54, 1.807) is 28.6 Å². The van der Waals surface area contributed by atoms with Crippen LogP contribution in [0.2, 0.25) is 0 Å². The minimum absolute atomic E-state index is 0.107. The molecule has 3 rings (SSSR count). The molecule has 5 nitrogen and oxygen atoms in total. The van der Waals surface area contributed by atoms with E-state index < -0.39 is 10.0 Å². The first kappa shape index (κ1) is 14.8. The first-order chi connectivity index (χ1) is 10.1. The Kier molecular flexibility index (Phi) is 4.19. The minimum Gasteiger partial charge on any atom is -0.494 e. The fourth-order valence-corrected chi connectivity index (χ4v) is 5.06. The predicted molar refractivity (Wildman–Crippen MR) is 80.9 cm³/mol. The molecule has 2 aliphatic rings. The van der Waals surface area contributed by atoms with Gasteiger partial charge < -0.3 is 10.1 Å². The van der Waals surface area contributed by atoms with Crippen molar-refractivity contribution in [3.05, 3.63) is 24.3 Å². The molecule has 2 atom stereocenters. The molecule has 21 heavy (non-hydrogen) atoms. The standard InChI is InChI=1S/C15H22N2O3S/c1-2-20-13-5-7-14(8-6-13)21(18,19)17-9-3-4-12-10-16-11-15(12)17/h5-8,12,15-16H,2-4,9-11H2,1H3. The normalized spacial score (nSPS) is 26.5. The smallest absolute Gasteiger partial charge is 0.243 e. The van der Waals surface area contributed by atoms with Crippen LogP contribution in [0.25, 0.3) is 0 Å². The van der Waals surface area contributed by atoms with Gasteiger partial charge in [0.2, 0.25) is 10.0 Å². The second kappa shape index (κ2) is 5.94. The topological polar surface area (TPSA) is 58.6 Å². The van der Waals surface area contributed by atoms with E-state index in [2.05, 4.69) is 5.32 Å². The van der Waals surface area contributed by atoms with Crippen molar-refractivity contribution in [2.45, 2.75) is 30.7 Å². The Hall–Kier alpha value is -1.11. The molecule has 0 aliphatic carbocycles. The van der Waals surface area contributed by atoms with Gasteiger partial charge in [0.05, 0.1) is 11.5 Å². The van der Waals surface area contributed by atoms with Crippen LogP contribution >= 0.6 is 0 Å². The highest BCUT2D eigenvalue weighted by Gasteiger charge is 2.41. The highest BCUT2D eigenvalue weighted by molar-refractivity contribution is 7.89. The molecule has 1 aromatic carbocycles. The Morgan fingerprint density at radius 3 is 2.76 bits per heavy atom. The highest BCUT2D eigenvalue weighted by atomic mass is 32.2. The molecule has 2 saturated heterocycles. The summed E-state index contributed by atoms with van der Waals surface area (Å²) in [4.78, 5) is 0.360. The lowest BCUT2D eigenvalue weighted by Gasteiger charge is -2.35. The van der Waals surface area contributed by atoms with Gasteiger partial charge in [-0.15, -0.1) is 0 Å². The second-order valence-corrected chi connectivity index (χ2v) is 7.54. The minimum atomic E-state index is -3.41. The maximum atomic E-state index is 12.9. The van der Waals surface area contributed by atoms with Crippen LogP contribution in [0.15, 0.2) is 29.2 Å². The molecule has 2 aliphatic heterocycles. The number of nitrogens with zero attached hydrogens (tertiary/aromatic N) is 1. The Morgan fingerprint density at radius 1 is 1.29 bits per heavy atom. The summed E-state index contributed by atoms with van der Waals surface area (Å²) in [5, 5.41) is 3.32. The van der Waals surface area contributed by atoms with Crippen LogP contribution < -0.4 is 10.1 Å². The maximum Gasteiger partial charge on any atom is 0.243 e. The Morgan fingerprint density at radius 2 is 2.05 bits per heavy atom. The monoisotopic (exact) mass is 310 g/mol. The Balaban J connectivity index is 1.85. The van der Waals surface area contributed by atoms with Crippen molar-refractivity contribution in [2.24, 2.45) is 5.92 Å². The van der Waals surface area contributed by atoms with Gasteiger partial charge in [-0.1, -0.05) is 0 Å². The van der Waals surface area contributed by atoms with Gasteiger partial charge in [-0.2, -0.15) is 4.31 Å². The first-order valence-corrected chi connectivity index (χ1v) is 9.02.